The van der Waals surface area contributed by atoms with Crippen molar-refractivity contribution in [2.45, 2.75) is 19.0 Å². The Morgan fingerprint density at radius 1 is 1.21 bits per heavy atom. The van der Waals surface area contributed by atoms with Crippen LogP contribution in [0.5, 0.6) is 5.75 Å². The molecular formula is C26H24N4O4. The maximum Gasteiger partial charge on any atom is 0.322 e. The molecule has 2 aromatic carbocycles. The van der Waals surface area contributed by atoms with Crippen molar-refractivity contribution in [3.05, 3.63) is 76.9 Å². The standard InChI is InChI=1S/C26H24N4O4/c1-4-5-20(27-2)12-8-17-6-10-19(11-7-17)26(24(32)28-25(33)29-26)16-30-15-18-9-13-21(34-3)14-22(18)23(30)31/h4-7,9-11,13-14H,15-16H2,1-3H3,(H2,28,29,32,33)/b5-4-,27-20?/t26-/m0/s1. The lowest BCUT2D eigenvalue weighted by molar-refractivity contribution is -0.124. The van der Waals surface area contributed by atoms with Gasteiger partial charge in [-0.25, -0.2) is 4.79 Å². The van der Waals surface area contributed by atoms with E-state index in [2.05, 4.69) is 27.5 Å². The van der Waals surface area contributed by atoms with Gasteiger partial charge in [-0.3, -0.25) is 19.9 Å². The Balaban J connectivity index is 1.63. The van der Waals surface area contributed by atoms with Crippen molar-refractivity contribution in [1.82, 2.24) is 15.5 Å². The van der Waals surface area contributed by atoms with Gasteiger partial charge in [0.1, 0.15) is 11.5 Å². The molecule has 0 saturated carbocycles. The molecule has 2 aromatic rings. The zero-order valence-electron chi connectivity index (χ0n) is 19.1. The summed E-state index contributed by atoms with van der Waals surface area (Å²) >= 11 is 0. The van der Waals surface area contributed by atoms with Gasteiger partial charge in [-0.1, -0.05) is 30.2 Å². The number of allylic oxidation sites excluding steroid dienone is 2. The second-order valence-corrected chi connectivity index (χ2v) is 7.93. The van der Waals surface area contributed by atoms with Crippen LogP contribution in [0.3, 0.4) is 0 Å². The van der Waals surface area contributed by atoms with Crippen molar-refractivity contribution < 1.29 is 19.1 Å². The van der Waals surface area contributed by atoms with Crippen LogP contribution in [0.4, 0.5) is 4.79 Å². The molecular weight excluding hydrogens is 432 g/mol. The van der Waals surface area contributed by atoms with Gasteiger partial charge < -0.3 is 15.0 Å². The van der Waals surface area contributed by atoms with E-state index in [0.717, 1.165) is 11.1 Å². The van der Waals surface area contributed by atoms with Gasteiger partial charge in [0.25, 0.3) is 11.8 Å². The van der Waals surface area contributed by atoms with Crippen LogP contribution in [0.25, 0.3) is 0 Å². The minimum Gasteiger partial charge on any atom is -0.497 e. The average molecular weight is 457 g/mol. The third-order valence-electron chi connectivity index (χ3n) is 5.84. The number of amides is 4. The molecule has 1 atom stereocenters. The summed E-state index contributed by atoms with van der Waals surface area (Å²) in [4.78, 5) is 43.9. The fourth-order valence-corrected chi connectivity index (χ4v) is 4.08. The molecule has 2 aliphatic heterocycles. The smallest absolute Gasteiger partial charge is 0.322 e. The van der Waals surface area contributed by atoms with E-state index >= 15 is 0 Å². The first-order valence-corrected chi connectivity index (χ1v) is 10.7. The molecule has 1 saturated heterocycles. The first-order valence-electron chi connectivity index (χ1n) is 10.7. The summed E-state index contributed by atoms with van der Waals surface area (Å²) in [5.74, 6) is 5.87. The van der Waals surface area contributed by atoms with E-state index in [0.29, 0.717) is 29.1 Å². The fraction of sp³-hybridized carbons (Fsp3) is 0.231. The van der Waals surface area contributed by atoms with E-state index in [1.807, 2.05) is 25.1 Å². The van der Waals surface area contributed by atoms with Crippen LogP contribution < -0.4 is 15.4 Å². The van der Waals surface area contributed by atoms with Gasteiger partial charge in [-0.15, -0.1) is 0 Å². The van der Waals surface area contributed by atoms with Gasteiger partial charge in [-0.05, 0) is 54.3 Å². The summed E-state index contributed by atoms with van der Waals surface area (Å²) in [6.45, 7) is 2.21. The van der Waals surface area contributed by atoms with E-state index in [-0.39, 0.29) is 12.5 Å². The zero-order chi connectivity index (χ0) is 24.3. The average Bonchev–Trinajstić information content (AvgIpc) is 3.31. The number of carbonyl (C=O) groups excluding carboxylic acids is 3. The van der Waals surface area contributed by atoms with Crippen molar-refractivity contribution in [3.8, 4) is 17.6 Å². The normalized spacial score (nSPS) is 19.6. The van der Waals surface area contributed by atoms with Crippen molar-refractivity contribution >= 4 is 23.6 Å². The Hall–Kier alpha value is -4.38. The lowest BCUT2D eigenvalue weighted by Crippen LogP contribution is -2.52. The monoisotopic (exact) mass is 456 g/mol. The minimum absolute atomic E-state index is 0.0145. The number of urea groups is 1. The number of aliphatic imine (C=N–C) groups is 1. The molecule has 2 N–H and O–H groups in total. The molecule has 4 rings (SSSR count). The Kier molecular flexibility index (Phi) is 6.19. The van der Waals surface area contributed by atoms with Gasteiger partial charge in [0, 0.05) is 24.7 Å². The van der Waals surface area contributed by atoms with Crippen molar-refractivity contribution in [3.63, 3.8) is 0 Å². The molecule has 4 amide bonds. The van der Waals surface area contributed by atoms with Gasteiger partial charge in [0.2, 0.25) is 0 Å². The first kappa shape index (κ1) is 22.8. The minimum atomic E-state index is -1.41. The molecule has 0 aromatic heterocycles. The van der Waals surface area contributed by atoms with E-state index in [1.54, 1.807) is 48.3 Å². The summed E-state index contributed by atoms with van der Waals surface area (Å²) in [5, 5.41) is 5.06. The van der Waals surface area contributed by atoms with Crippen LogP contribution in [0.1, 0.15) is 34.0 Å². The van der Waals surface area contributed by atoms with E-state index in [9.17, 15) is 14.4 Å². The Labute approximate surface area is 197 Å². The molecule has 34 heavy (non-hydrogen) atoms. The highest BCUT2D eigenvalue weighted by atomic mass is 16.5. The molecule has 0 radical (unpaired) electrons. The van der Waals surface area contributed by atoms with E-state index in [1.165, 1.54) is 7.11 Å². The number of benzene rings is 2. The van der Waals surface area contributed by atoms with Gasteiger partial charge in [0.15, 0.2) is 5.54 Å². The number of rotatable bonds is 5. The molecule has 0 unspecified atom stereocenters. The third kappa shape index (κ3) is 4.16. The largest absolute Gasteiger partial charge is 0.497 e. The van der Waals surface area contributed by atoms with Crippen LogP contribution in [-0.4, -0.2) is 49.2 Å². The lowest BCUT2D eigenvalue weighted by atomic mass is 9.88. The maximum absolute atomic E-state index is 13.1. The van der Waals surface area contributed by atoms with Crippen LogP contribution >= 0.6 is 0 Å². The number of carbonyl (C=O) groups is 3. The number of nitrogens with one attached hydrogen (secondary N) is 2. The first-order chi connectivity index (χ1) is 16.4. The second kappa shape index (κ2) is 9.24. The number of hydrogen-bond donors (Lipinski definition) is 2. The number of hydrogen-bond acceptors (Lipinski definition) is 5. The predicted molar refractivity (Wildman–Crippen MR) is 128 cm³/mol. The van der Waals surface area contributed by atoms with Crippen LogP contribution in [0, 0.1) is 11.8 Å². The number of ether oxygens (including phenoxy) is 1. The van der Waals surface area contributed by atoms with E-state index < -0.39 is 17.5 Å². The molecule has 0 spiro atoms. The van der Waals surface area contributed by atoms with Gasteiger partial charge in [-0.2, -0.15) is 0 Å². The molecule has 2 heterocycles. The Morgan fingerprint density at radius 3 is 2.59 bits per heavy atom. The second-order valence-electron chi connectivity index (χ2n) is 7.93. The summed E-state index contributed by atoms with van der Waals surface area (Å²) in [7, 11) is 3.21. The van der Waals surface area contributed by atoms with Gasteiger partial charge in [0.05, 0.1) is 13.7 Å². The Morgan fingerprint density at radius 2 is 1.97 bits per heavy atom. The van der Waals surface area contributed by atoms with Crippen molar-refractivity contribution in [2.24, 2.45) is 4.99 Å². The van der Waals surface area contributed by atoms with Crippen LogP contribution in [0.2, 0.25) is 0 Å². The van der Waals surface area contributed by atoms with Crippen LogP contribution in [0.15, 0.2) is 59.6 Å². The van der Waals surface area contributed by atoms with Crippen LogP contribution in [-0.2, 0) is 16.9 Å². The molecule has 8 nitrogen and oxygen atoms in total. The number of methoxy groups -OCH3 is 1. The number of nitrogens with zero attached hydrogens (tertiary/aromatic N) is 2. The summed E-state index contributed by atoms with van der Waals surface area (Å²) in [6, 6.07) is 11.7. The summed E-state index contributed by atoms with van der Waals surface area (Å²) in [6.07, 6.45) is 3.68. The predicted octanol–water partition coefficient (Wildman–Crippen LogP) is 2.38. The molecule has 0 bridgehead atoms. The summed E-state index contributed by atoms with van der Waals surface area (Å²) < 4.78 is 5.23. The van der Waals surface area contributed by atoms with Gasteiger partial charge >= 0.3 is 6.03 Å². The third-order valence-corrected chi connectivity index (χ3v) is 5.84. The Bertz CT molecular complexity index is 1280. The highest BCUT2D eigenvalue weighted by molar-refractivity contribution is 6.09. The zero-order valence-corrected chi connectivity index (χ0v) is 19.1. The highest BCUT2D eigenvalue weighted by Crippen LogP contribution is 2.32. The number of imide groups is 1. The van der Waals surface area contributed by atoms with Crippen molar-refractivity contribution in [1.29, 1.82) is 0 Å². The quantitative estimate of drug-likeness (QED) is 0.410. The SMILES string of the molecule is C/C=C\C(C#Cc1ccc([C@]2(CN3Cc4ccc(OC)cc4C3=O)NC(=O)NC2=O)cc1)=NC. The molecule has 1 fully saturated rings. The molecule has 8 heteroatoms. The topological polar surface area (TPSA) is 100 Å². The molecule has 0 aliphatic carbocycles. The lowest BCUT2D eigenvalue weighted by Gasteiger charge is -2.31. The number of fused-ring (bicyclic) bond motifs is 1. The van der Waals surface area contributed by atoms with E-state index in [4.69, 9.17) is 4.74 Å². The fourth-order valence-electron chi connectivity index (χ4n) is 4.08. The summed E-state index contributed by atoms with van der Waals surface area (Å²) in [5.41, 5.74) is 1.89. The molecule has 172 valence electrons. The van der Waals surface area contributed by atoms with Crippen molar-refractivity contribution in [2.75, 3.05) is 20.7 Å². The maximum atomic E-state index is 13.1. The molecule has 2 aliphatic rings. The highest BCUT2D eigenvalue weighted by Gasteiger charge is 2.50.